The van der Waals surface area contributed by atoms with Crippen molar-refractivity contribution >= 4 is 11.8 Å². The van der Waals surface area contributed by atoms with Crippen LogP contribution < -0.4 is 0 Å². The van der Waals surface area contributed by atoms with Crippen molar-refractivity contribution in [1.29, 1.82) is 0 Å². The summed E-state index contributed by atoms with van der Waals surface area (Å²) < 4.78 is 12.0. The minimum Gasteiger partial charge on any atom is -0.495 e. The third-order valence-electron chi connectivity index (χ3n) is 5.43. The predicted molar refractivity (Wildman–Crippen MR) is 86.8 cm³/mol. The SMILES string of the molecule is CCOC1=CC2O[C@]1(CCc1ccccc1)[C@H]1C(=O)N(C)C(=O)[C@@H]21. The number of hydrogen-bond acceptors (Lipinski definition) is 4. The number of carbonyl (C=O) groups is 2. The maximum Gasteiger partial charge on any atom is 0.236 e. The van der Waals surface area contributed by atoms with E-state index in [1.165, 1.54) is 10.5 Å². The van der Waals surface area contributed by atoms with Crippen molar-refractivity contribution in [1.82, 2.24) is 4.90 Å². The van der Waals surface area contributed by atoms with E-state index in [0.717, 1.165) is 12.2 Å². The van der Waals surface area contributed by atoms with E-state index in [4.69, 9.17) is 9.47 Å². The lowest BCUT2D eigenvalue weighted by molar-refractivity contribution is -0.143. The quantitative estimate of drug-likeness (QED) is 0.776. The molecule has 5 nitrogen and oxygen atoms in total. The standard InChI is InChI=1S/C19H21NO4/c1-3-23-14-11-13-15-16(18(22)20(2)17(15)21)19(14,24-13)10-9-12-7-5-4-6-8-12/h4-8,11,13,15-16H,3,9-10H2,1-2H3/t13?,15-,16+,19-/m0/s1. The molecule has 0 aliphatic carbocycles. The third-order valence-corrected chi connectivity index (χ3v) is 5.43. The molecule has 2 bridgehead atoms. The molecule has 0 N–H and O–H groups in total. The second-order valence-electron chi connectivity index (χ2n) is 6.66. The molecule has 3 aliphatic heterocycles. The number of carbonyl (C=O) groups excluding carboxylic acids is 2. The Morgan fingerprint density at radius 3 is 2.67 bits per heavy atom. The van der Waals surface area contributed by atoms with E-state index in [9.17, 15) is 9.59 Å². The van der Waals surface area contributed by atoms with Gasteiger partial charge in [-0.3, -0.25) is 14.5 Å². The molecule has 2 amide bonds. The summed E-state index contributed by atoms with van der Waals surface area (Å²) in [5, 5.41) is 0. The zero-order valence-corrected chi connectivity index (χ0v) is 13.9. The Labute approximate surface area is 141 Å². The summed E-state index contributed by atoms with van der Waals surface area (Å²) in [5.41, 5.74) is 0.377. The van der Waals surface area contributed by atoms with Crippen molar-refractivity contribution in [3.8, 4) is 0 Å². The van der Waals surface area contributed by atoms with E-state index in [1.807, 2.05) is 31.2 Å². The van der Waals surface area contributed by atoms with E-state index in [-0.39, 0.29) is 17.9 Å². The van der Waals surface area contributed by atoms with Crippen LogP contribution in [0.15, 0.2) is 42.2 Å². The second kappa shape index (κ2) is 5.45. The van der Waals surface area contributed by atoms with E-state index < -0.39 is 17.4 Å². The monoisotopic (exact) mass is 327 g/mol. The van der Waals surface area contributed by atoms with Crippen LogP contribution in [0.3, 0.4) is 0 Å². The van der Waals surface area contributed by atoms with Gasteiger partial charge in [0.15, 0.2) is 0 Å². The van der Waals surface area contributed by atoms with Gasteiger partial charge < -0.3 is 9.47 Å². The highest BCUT2D eigenvalue weighted by atomic mass is 16.6. The summed E-state index contributed by atoms with van der Waals surface area (Å²) in [5.74, 6) is -0.421. The fourth-order valence-electron chi connectivity index (χ4n) is 4.32. The van der Waals surface area contributed by atoms with Crippen LogP contribution in [-0.4, -0.2) is 42.1 Å². The highest BCUT2D eigenvalue weighted by Crippen LogP contribution is 2.56. The van der Waals surface area contributed by atoms with E-state index in [0.29, 0.717) is 13.0 Å². The van der Waals surface area contributed by atoms with Crippen LogP contribution in [0.5, 0.6) is 0 Å². The molecule has 1 unspecified atom stereocenters. The van der Waals surface area contributed by atoms with Crippen molar-refractivity contribution in [3.05, 3.63) is 47.7 Å². The van der Waals surface area contributed by atoms with Gasteiger partial charge in [0.05, 0.1) is 24.5 Å². The Balaban J connectivity index is 1.68. The largest absolute Gasteiger partial charge is 0.495 e. The average Bonchev–Trinajstić information content (AvgIpc) is 3.19. The van der Waals surface area contributed by atoms with Crippen LogP contribution in [0, 0.1) is 11.8 Å². The molecule has 4 atom stereocenters. The normalized spacial score (nSPS) is 33.8. The lowest BCUT2D eigenvalue weighted by Crippen LogP contribution is -2.44. The molecule has 5 heteroatoms. The molecule has 2 fully saturated rings. The summed E-state index contributed by atoms with van der Waals surface area (Å²) in [7, 11) is 1.56. The number of fused-ring (bicyclic) bond motifs is 5. The summed E-state index contributed by atoms with van der Waals surface area (Å²) in [6.07, 6.45) is 2.95. The van der Waals surface area contributed by atoms with E-state index in [2.05, 4.69) is 12.1 Å². The molecule has 3 aliphatic rings. The number of hydrogen-bond donors (Lipinski definition) is 0. The van der Waals surface area contributed by atoms with Crippen LogP contribution in [-0.2, 0) is 25.5 Å². The van der Waals surface area contributed by atoms with Gasteiger partial charge in [-0.05, 0) is 31.4 Å². The summed E-state index contributed by atoms with van der Waals surface area (Å²) in [6.45, 7) is 2.44. The lowest BCUT2D eigenvalue weighted by atomic mass is 9.73. The van der Waals surface area contributed by atoms with Gasteiger partial charge in [-0.1, -0.05) is 30.3 Å². The van der Waals surface area contributed by atoms with Crippen molar-refractivity contribution in [2.45, 2.75) is 31.5 Å². The Hall–Kier alpha value is -2.14. The van der Waals surface area contributed by atoms with Gasteiger partial charge in [-0.25, -0.2) is 0 Å². The Kier molecular flexibility index (Phi) is 3.49. The highest BCUT2D eigenvalue weighted by molar-refractivity contribution is 6.07. The van der Waals surface area contributed by atoms with E-state index >= 15 is 0 Å². The first-order chi connectivity index (χ1) is 11.6. The molecule has 24 heavy (non-hydrogen) atoms. The zero-order valence-electron chi connectivity index (χ0n) is 13.9. The Morgan fingerprint density at radius 1 is 1.21 bits per heavy atom. The zero-order chi connectivity index (χ0) is 16.9. The summed E-state index contributed by atoms with van der Waals surface area (Å²) >= 11 is 0. The van der Waals surface area contributed by atoms with Crippen LogP contribution in [0.4, 0.5) is 0 Å². The molecule has 4 rings (SSSR count). The number of aryl methyl sites for hydroxylation is 1. The Bertz CT molecular complexity index is 713. The Morgan fingerprint density at radius 2 is 1.96 bits per heavy atom. The first kappa shape index (κ1) is 15.4. The fraction of sp³-hybridized carbons (Fsp3) is 0.474. The molecule has 1 aromatic carbocycles. The molecule has 2 saturated heterocycles. The topological polar surface area (TPSA) is 55.8 Å². The predicted octanol–water partition coefficient (Wildman–Crippen LogP) is 1.92. The number of ether oxygens (including phenoxy) is 2. The minimum atomic E-state index is -0.807. The van der Waals surface area contributed by atoms with Crippen LogP contribution in [0.25, 0.3) is 0 Å². The fourth-order valence-corrected chi connectivity index (χ4v) is 4.32. The highest BCUT2D eigenvalue weighted by Gasteiger charge is 2.70. The average molecular weight is 327 g/mol. The maximum absolute atomic E-state index is 12.7. The second-order valence-corrected chi connectivity index (χ2v) is 6.66. The van der Waals surface area contributed by atoms with Gasteiger partial charge in [-0.2, -0.15) is 0 Å². The van der Waals surface area contributed by atoms with Crippen molar-refractivity contribution in [2.24, 2.45) is 11.8 Å². The molecule has 1 aromatic rings. The third kappa shape index (κ3) is 1.97. The lowest BCUT2D eigenvalue weighted by Gasteiger charge is -2.33. The summed E-state index contributed by atoms with van der Waals surface area (Å²) in [6, 6.07) is 10.1. The molecule has 126 valence electrons. The molecule has 0 saturated carbocycles. The van der Waals surface area contributed by atoms with Crippen molar-refractivity contribution in [2.75, 3.05) is 13.7 Å². The molecule has 0 radical (unpaired) electrons. The first-order valence-corrected chi connectivity index (χ1v) is 8.46. The van der Waals surface area contributed by atoms with Gasteiger partial charge in [-0.15, -0.1) is 0 Å². The molecular formula is C19H21NO4. The van der Waals surface area contributed by atoms with Crippen molar-refractivity contribution in [3.63, 3.8) is 0 Å². The number of likely N-dealkylation sites (tertiary alicyclic amines) is 1. The molecule has 3 heterocycles. The van der Waals surface area contributed by atoms with Crippen LogP contribution in [0.1, 0.15) is 18.9 Å². The molecule has 0 aromatic heterocycles. The van der Waals surface area contributed by atoms with Crippen molar-refractivity contribution < 1.29 is 19.1 Å². The summed E-state index contributed by atoms with van der Waals surface area (Å²) in [4.78, 5) is 26.4. The molecule has 0 spiro atoms. The van der Waals surface area contributed by atoms with Gasteiger partial charge >= 0.3 is 0 Å². The van der Waals surface area contributed by atoms with Gasteiger partial charge in [0.25, 0.3) is 0 Å². The maximum atomic E-state index is 12.7. The van der Waals surface area contributed by atoms with Crippen LogP contribution in [0.2, 0.25) is 0 Å². The number of nitrogens with zero attached hydrogens (tertiary/aromatic N) is 1. The minimum absolute atomic E-state index is 0.136. The smallest absolute Gasteiger partial charge is 0.236 e. The first-order valence-electron chi connectivity index (χ1n) is 8.46. The van der Waals surface area contributed by atoms with Gasteiger partial charge in [0.1, 0.15) is 11.4 Å². The number of rotatable bonds is 5. The van der Waals surface area contributed by atoms with Crippen LogP contribution >= 0.6 is 0 Å². The van der Waals surface area contributed by atoms with E-state index in [1.54, 1.807) is 7.05 Å². The number of amides is 2. The molecular weight excluding hydrogens is 306 g/mol. The van der Waals surface area contributed by atoms with Gasteiger partial charge in [0, 0.05) is 7.05 Å². The number of imide groups is 1. The number of benzene rings is 1. The van der Waals surface area contributed by atoms with Gasteiger partial charge in [0.2, 0.25) is 11.8 Å².